The fraction of sp³-hybridized carbons (Fsp3) is 0.269. The largest absolute Gasteiger partial charge is 0.545 e. The quantitative estimate of drug-likeness (QED) is 0.581. The first-order valence-corrected chi connectivity index (χ1v) is 10.4. The molecule has 4 rings (SSSR count). The van der Waals surface area contributed by atoms with Crippen LogP contribution in [0.25, 0.3) is 0 Å². The number of carboxylic acid groups (broad SMARTS) is 1. The minimum absolute atomic E-state index is 0.0711. The van der Waals surface area contributed by atoms with Crippen molar-refractivity contribution >= 4 is 5.97 Å². The van der Waals surface area contributed by atoms with E-state index < -0.39 is 5.97 Å². The fourth-order valence-electron chi connectivity index (χ4n) is 4.36. The van der Waals surface area contributed by atoms with Gasteiger partial charge in [-0.25, -0.2) is 0 Å². The molecule has 3 heteroatoms. The predicted molar refractivity (Wildman–Crippen MR) is 114 cm³/mol. The number of likely N-dealkylation sites (tertiary alicyclic amines) is 1. The van der Waals surface area contributed by atoms with E-state index in [0.717, 1.165) is 31.6 Å². The van der Waals surface area contributed by atoms with Crippen molar-refractivity contribution in [1.29, 1.82) is 0 Å². The van der Waals surface area contributed by atoms with Crippen molar-refractivity contribution in [3.8, 4) is 0 Å². The van der Waals surface area contributed by atoms with Gasteiger partial charge in [-0.3, -0.25) is 0 Å². The van der Waals surface area contributed by atoms with E-state index in [1.54, 1.807) is 6.07 Å². The van der Waals surface area contributed by atoms with Gasteiger partial charge in [-0.1, -0.05) is 72.8 Å². The van der Waals surface area contributed by atoms with Gasteiger partial charge >= 0.3 is 0 Å². The molecule has 1 heterocycles. The van der Waals surface area contributed by atoms with Gasteiger partial charge in [0.15, 0.2) is 0 Å². The summed E-state index contributed by atoms with van der Waals surface area (Å²) in [7, 11) is 0. The molecular formula is C26H26NO2-. The molecular weight excluding hydrogens is 358 g/mol. The highest BCUT2D eigenvalue weighted by Gasteiger charge is 2.21. The summed E-state index contributed by atoms with van der Waals surface area (Å²) in [6, 6.07) is 26.4. The smallest absolute Gasteiger partial charge is 0.0715 e. The van der Waals surface area contributed by atoms with Crippen LogP contribution in [0.5, 0.6) is 0 Å². The molecule has 0 atom stereocenters. The number of aromatic carboxylic acids is 1. The molecule has 1 aliphatic rings. The van der Waals surface area contributed by atoms with E-state index in [1.807, 2.05) is 24.3 Å². The van der Waals surface area contributed by atoms with Crippen LogP contribution in [0.2, 0.25) is 0 Å². The number of nitrogens with zero attached hydrogens (tertiary/aromatic N) is 1. The van der Waals surface area contributed by atoms with Gasteiger partial charge in [-0.05, 0) is 66.2 Å². The summed E-state index contributed by atoms with van der Waals surface area (Å²) < 4.78 is 0. The molecule has 29 heavy (non-hydrogen) atoms. The summed E-state index contributed by atoms with van der Waals surface area (Å²) in [5, 5.41) is 11.5. The Morgan fingerprint density at radius 2 is 1.45 bits per heavy atom. The summed E-state index contributed by atoms with van der Waals surface area (Å²) in [6.45, 7) is 3.23. The van der Waals surface area contributed by atoms with Crippen LogP contribution >= 0.6 is 0 Å². The Bertz CT molecular complexity index is 907. The van der Waals surface area contributed by atoms with Gasteiger partial charge in [0, 0.05) is 12.5 Å². The number of carbonyl (C=O) groups excluding carboxylic acids is 1. The molecule has 0 saturated carbocycles. The van der Waals surface area contributed by atoms with Gasteiger partial charge < -0.3 is 14.8 Å². The van der Waals surface area contributed by atoms with E-state index in [9.17, 15) is 9.90 Å². The van der Waals surface area contributed by atoms with Crippen LogP contribution in [0.15, 0.2) is 78.9 Å². The lowest BCUT2D eigenvalue weighted by Crippen LogP contribution is -2.24. The molecule has 0 spiro atoms. The first-order valence-electron chi connectivity index (χ1n) is 10.4. The second-order valence-electron chi connectivity index (χ2n) is 7.75. The molecule has 0 aliphatic carbocycles. The summed E-state index contributed by atoms with van der Waals surface area (Å²) in [4.78, 5) is 14.0. The Labute approximate surface area is 172 Å². The van der Waals surface area contributed by atoms with Gasteiger partial charge in [-0.15, -0.1) is 0 Å². The van der Waals surface area contributed by atoms with E-state index in [0.29, 0.717) is 0 Å². The molecule has 148 valence electrons. The topological polar surface area (TPSA) is 43.4 Å². The number of benzene rings is 3. The molecule has 0 amide bonds. The fourth-order valence-corrected chi connectivity index (χ4v) is 4.36. The summed E-state index contributed by atoms with van der Waals surface area (Å²) in [5.41, 5.74) is 4.94. The Morgan fingerprint density at radius 3 is 2.00 bits per heavy atom. The normalized spacial score (nSPS) is 14.4. The SMILES string of the molecule is O=C([O-])c1ccc(C(c2ccccc2)c2ccccc2)c(CCN2CCCC2)c1. The first kappa shape index (κ1) is 19.4. The zero-order valence-electron chi connectivity index (χ0n) is 16.6. The lowest BCUT2D eigenvalue weighted by molar-refractivity contribution is -0.255. The molecule has 1 aliphatic heterocycles. The molecule has 0 unspecified atom stereocenters. The third kappa shape index (κ3) is 4.57. The van der Waals surface area contributed by atoms with Crippen LogP contribution in [-0.2, 0) is 6.42 Å². The van der Waals surface area contributed by atoms with Gasteiger partial charge in [0.1, 0.15) is 0 Å². The summed E-state index contributed by atoms with van der Waals surface area (Å²) >= 11 is 0. The standard InChI is InChI=1S/C26H27NO2/c28-26(29)23-13-14-24(22(19-23)15-18-27-16-7-8-17-27)25(20-9-3-1-4-10-20)21-11-5-2-6-12-21/h1-6,9-14,19,25H,7-8,15-18H2,(H,28,29)/p-1. The highest BCUT2D eigenvalue weighted by Crippen LogP contribution is 2.34. The molecule has 0 radical (unpaired) electrons. The monoisotopic (exact) mass is 384 g/mol. The molecule has 0 aromatic heterocycles. The third-order valence-corrected chi connectivity index (χ3v) is 5.85. The average Bonchev–Trinajstić information content (AvgIpc) is 3.28. The van der Waals surface area contributed by atoms with E-state index in [4.69, 9.17) is 0 Å². The van der Waals surface area contributed by atoms with Crippen molar-refractivity contribution in [3.63, 3.8) is 0 Å². The highest BCUT2D eigenvalue weighted by atomic mass is 16.4. The maximum Gasteiger partial charge on any atom is 0.0715 e. The van der Waals surface area contributed by atoms with E-state index in [-0.39, 0.29) is 11.5 Å². The van der Waals surface area contributed by atoms with Crippen molar-refractivity contribution in [2.24, 2.45) is 0 Å². The highest BCUT2D eigenvalue weighted by molar-refractivity contribution is 5.86. The Kier molecular flexibility index (Phi) is 6.06. The van der Waals surface area contributed by atoms with Gasteiger partial charge in [-0.2, -0.15) is 0 Å². The number of hydrogen-bond acceptors (Lipinski definition) is 3. The number of carbonyl (C=O) groups is 1. The molecule has 1 saturated heterocycles. The molecule has 3 nitrogen and oxygen atoms in total. The van der Waals surface area contributed by atoms with Gasteiger partial charge in [0.25, 0.3) is 0 Å². The number of rotatable bonds is 7. The van der Waals surface area contributed by atoms with E-state index >= 15 is 0 Å². The average molecular weight is 384 g/mol. The minimum Gasteiger partial charge on any atom is -0.545 e. The lowest BCUT2D eigenvalue weighted by Gasteiger charge is -2.24. The molecule has 3 aromatic rings. The molecule has 3 aromatic carbocycles. The van der Waals surface area contributed by atoms with Crippen molar-refractivity contribution in [2.45, 2.75) is 25.2 Å². The predicted octanol–water partition coefficient (Wildman–Crippen LogP) is 3.87. The van der Waals surface area contributed by atoms with Crippen LogP contribution in [-0.4, -0.2) is 30.5 Å². The Morgan fingerprint density at radius 1 is 0.862 bits per heavy atom. The maximum absolute atomic E-state index is 11.5. The molecule has 0 bridgehead atoms. The summed E-state index contributed by atoms with van der Waals surface area (Å²) in [6.07, 6.45) is 3.35. The van der Waals surface area contributed by atoms with E-state index in [1.165, 1.54) is 29.5 Å². The first-order chi connectivity index (χ1) is 14.2. The van der Waals surface area contributed by atoms with E-state index in [2.05, 4.69) is 53.4 Å². The summed E-state index contributed by atoms with van der Waals surface area (Å²) in [5.74, 6) is -1.04. The number of carboxylic acids is 1. The zero-order valence-corrected chi connectivity index (χ0v) is 16.6. The second kappa shape index (κ2) is 9.06. The van der Waals surface area contributed by atoms with Gasteiger partial charge in [0.05, 0.1) is 5.97 Å². The van der Waals surface area contributed by atoms with Crippen molar-refractivity contribution in [2.75, 3.05) is 19.6 Å². The van der Waals surface area contributed by atoms with Crippen LogP contribution < -0.4 is 5.11 Å². The Hall–Kier alpha value is -2.91. The number of hydrogen-bond donors (Lipinski definition) is 0. The Balaban J connectivity index is 1.77. The maximum atomic E-state index is 11.5. The van der Waals surface area contributed by atoms with Gasteiger partial charge in [0.2, 0.25) is 0 Å². The lowest BCUT2D eigenvalue weighted by atomic mass is 9.81. The van der Waals surface area contributed by atoms with Crippen LogP contribution in [0, 0.1) is 0 Å². The van der Waals surface area contributed by atoms with Crippen molar-refractivity contribution in [3.05, 3.63) is 107 Å². The second-order valence-corrected chi connectivity index (χ2v) is 7.75. The van der Waals surface area contributed by atoms with Crippen LogP contribution in [0.3, 0.4) is 0 Å². The van der Waals surface area contributed by atoms with Crippen molar-refractivity contribution < 1.29 is 9.90 Å². The molecule has 1 fully saturated rings. The van der Waals surface area contributed by atoms with Crippen molar-refractivity contribution in [1.82, 2.24) is 4.90 Å². The third-order valence-electron chi connectivity index (χ3n) is 5.85. The minimum atomic E-state index is -1.12. The van der Waals surface area contributed by atoms with Crippen LogP contribution in [0.4, 0.5) is 0 Å². The zero-order chi connectivity index (χ0) is 20.1. The van der Waals surface area contributed by atoms with Crippen LogP contribution in [0.1, 0.15) is 51.4 Å². The molecule has 0 N–H and O–H groups in total.